The molecule has 3 atom stereocenters. The first-order valence-electron chi connectivity index (χ1n) is 7.56. The lowest BCUT2D eigenvalue weighted by Gasteiger charge is -2.44. The summed E-state index contributed by atoms with van der Waals surface area (Å²) in [5.74, 6) is 1.76. The van der Waals surface area contributed by atoms with Gasteiger partial charge in [-0.1, -0.05) is 6.92 Å². The summed E-state index contributed by atoms with van der Waals surface area (Å²) in [6.45, 7) is 6.70. The van der Waals surface area contributed by atoms with Crippen molar-refractivity contribution >= 4 is 11.8 Å². The number of piperazine rings is 1. The molecule has 0 bridgehead atoms. The summed E-state index contributed by atoms with van der Waals surface area (Å²) >= 11 is 0. The average molecular weight is 264 g/mol. The summed E-state index contributed by atoms with van der Waals surface area (Å²) in [6, 6.07) is -0.319. The van der Waals surface area contributed by atoms with Gasteiger partial charge in [0.2, 0.25) is 11.8 Å². The quantitative estimate of drug-likeness (QED) is 0.837. The minimum Gasteiger partial charge on any atom is -0.340 e. The van der Waals surface area contributed by atoms with E-state index in [0.29, 0.717) is 11.8 Å². The average Bonchev–Trinajstić information content (AvgIpc) is 3.20. The van der Waals surface area contributed by atoms with Gasteiger partial charge in [-0.2, -0.15) is 0 Å². The van der Waals surface area contributed by atoms with Crippen LogP contribution in [0.1, 0.15) is 46.5 Å². The van der Waals surface area contributed by atoms with Gasteiger partial charge in [-0.25, -0.2) is 0 Å². The Bertz CT molecular complexity index is 414. The smallest absolute Gasteiger partial charge is 0.249 e. The van der Waals surface area contributed by atoms with Crippen molar-refractivity contribution in [3.63, 3.8) is 0 Å². The predicted octanol–water partition coefficient (Wildman–Crippen LogP) is 1.55. The molecule has 2 saturated carbocycles. The van der Waals surface area contributed by atoms with Crippen molar-refractivity contribution in [2.45, 2.75) is 58.0 Å². The fourth-order valence-electron chi connectivity index (χ4n) is 3.33. The predicted molar refractivity (Wildman–Crippen MR) is 72.3 cm³/mol. The van der Waals surface area contributed by atoms with Crippen LogP contribution in [-0.2, 0) is 9.59 Å². The van der Waals surface area contributed by atoms with Crippen molar-refractivity contribution in [1.29, 1.82) is 0 Å². The number of hydrogen-bond donors (Lipinski definition) is 1. The molecule has 106 valence electrons. The molecule has 0 aromatic heterocycles. The number of nitrogens with one attached hydrogen (secondary N) is 1. The van der Waals surface area contributed by atoms with Gasteiger partial charge >= 0.3 is 0 Å². The molecule has 0 spiro atoms. The van der Waals surface area contributed by atoms with Gasteiger partial charge in [0, 0.05) is 6.54 Å². The van der Waals surface area contributed by atoms with E-state index in [9.17, 15) is 9.59 Å². The Balaban J connectivity index is 1.78. The van der Waals surface area contributed by atoms with E-state index in [1.807, 2.05) is 18.7 Å². The maximum absolute atomic E-state index is 12.8. The normalized spacial score (nSPS) is 37.2. The summed E-state index contributed by atoms with van der Waals surface area (Å²) in [5, 5.41) is 2.97. The maximum Gasteiger partial charge on any atom is 0.249 e. The van der Waals surface area contributed by atoms with Gasteiger partial charge in [-0.15, -0.1) is 0 Å². The summed E-state index contributed by atoms with van der Waals surface area (Å²) in [4.78, 5) is 26.8. The molecule has 1 N–H and O–H groups in total. The zero-order chi connectivity index (χ0) is 13.8. The Labute approximate surface area is 114 Å². The zero-order valence-corrected chi connectivity index (χ0v) is 12.1. The minimum absolute atomic E-state index is 0.0111. The number of rotatable bonds is 4. The SMILES string of the molecule is CC(CN1C(=O)C(C)(C2CC2)NC(=O)C1C)C1CC1. The standard InChI is InChI=1S/C15H24N2O2/c1-9(11-4-5-11)8-17-10(2)13(18)16-15(3,14(17)19)12-6-7-12/h9-12H,4-8H2,1-3H3,(H,16,18). The maximum atomic E-state index is 12.8. The van der Waals surface area contributed by atoms with Crippen molar-refractivity contribution in [2.75, 3.05) is 6.54 Å². The molecule has 1 heterocycles. The molecule has 2 aliphatic carbocycles. The third-order valence-corrected chi connectivity index (χ3v) is 5.24. The molecule has 3 aliphatic rings. The molecule has 0 radical (unpaired) electrons. The lowest BCUT2D eigenvalue weighted by molar-refractivity contribution is -0.155. The molecule has 1 aliphatic heterocycles. The second-order valence-electron chi connectivity index (χ2n) is 6.91. The van der Waals surface area contributed by atoms with Gasteiger partial charge in [0.1, 0.15) is 11.6 Å². The molecule has 3 fully saturated rings. The Morgan fingerprint density at radius 2 is 1.95 bits per heavy atom. The number of amides is 2. The number of carbonyl (C=O) groups excluding carboxylic acids is 2. The van der Waals surface area contributed by atoms with E-state index in [0.717, 1.165) is 25.3 Å². The van der Waals surface area contributed by atoms with Gasteiger partial charge < -0.3 is 10.2 Å². The van der Waals surface area contributed by atoms with Crippen molar-refractivity contribution in [3.05, 3.63) is 0 Å². The monoisotopic (exact) mass is 264 g/mol. The highest BCUT2D eigenvalue weighted by molar-refractivity contribution is 5.99. The van der Waals surface area contributed by atoms with Gasteiger partial charge in [0.15, 0.2) is 0 Å². The van der Waals surface area contributed by atoms with Crippen LogP contribution in [0.25, 0.3) is 0 Å². The lowest BCUT2D eigenvalue weighted by Crippen LogP contribution is -2.70. The number of carbonyl (C=O) groups is 2. The molecule has 3 unspecified atom stereocenters. The molecule has 4 heteroatoms. The third-order valence-electron chi connectivity index (χ3n) is 5.24. The fourth-order valence-corrected chi connectivity index (χ4v) is 3.33. The molecule has 4 nitrogen and oxygen atoms in total. The number of nitrogens with zero attached hydrogens (tertiary/aromatic N) is 1. The first kappa shape index (κ1) is 12.9. The van der Waals surface area contributed by atoms with Crippen LogP contribution in [-0.4, -0.2) is 34.8 Å². The first-order valence-corrected chi connectivity index (χ1v) is 7.56. The van der Waals surface area contributed by atoms with Crippen LogP contribution in [0, 0.1) is 17.8 Å². The van der Waals surface area contributed by atoms with Gasteiger partial charge in [-0.05, 0) is 57.3 Å². The fraction of sp³-hybridized carbons (Fsp3) is 0.867. The Hall–Kier alpha value is -1.06. The second-order valence-corrected chi connectivity index (χ2v) is 6.91. The molecule has 3 rings (SSSR count). The molecule has 1 saturated heterocycles. The topological polar surface area (TPSA) is 49.4 Å². The third kappa shape index (κ3) is 2.15. The highest BCUT2D eigenvalue weighted by atomic mass is 16.2. The van der Waals surface area contributed by atoms with E-state index in [-0.39, 0.29) is 17.9 Å². The van der Waals surface area contributed by atoms with Crippen molar-refractivity contribution < 1.29 is 9.59 Å². The highest BCUT2D eigenvalue weighted by Gasteiger charge is 2.54. The van der Waals surface area contributed by atoms with Crippen LogP contribution >= 0.6 is 0 Å². The van der Waals surface area contributed by atoms with Crippen LogP contribution in [0.5, 0.6) is 0 Å². The van der Waals surface area contributed by atoms with Gasteiger partial charge in [0.25, 0.3) is 0 Å². The van der Waals surface area contributed by atoms with E-state index >= 15 is 0 Å². The molecular weight excluding hydrogens is 240 g/mol. The Morgan fingerprint density at radius 3 is 2.47 bits per heavy atom. The van der Waals surface area contributed by atoms with E-state index < -0.39 is 5.54 Å². The lowest BCUT2D eigenvalue weighted by atomic mass is 9.89. The summed E-state index contributed by atoms with van der Waals surface area (Å²) in [6.07, 6.45) is 4.68. The van der Waals surface area contributed by atoms with E-state index in [1.165, 1.54) is 12.8 Å². The molecule has 0 aromatic carbocycles. The largest absolute Gasteiger partial charge is 0.340 e. The van der Waals surface area contributed by atoms with E-state index in [4.69, 9.17) is 0 Å². The summed E-state index contributed by atoms with van der Waals surface area (Å²) in [7, 11) is 0. The van der Waals surface area contributed by atoms with Crippen LogP contribution in [0.15, 0.2) is 0 Å². The van der Waals surface area contributed by atoms with Crippen LogP contribution in [0.4, 0.5) is 0 Å². The number of hydrogen-bond acceptors (Lipinski definition) is 2. The Kier molecular flexibility index (Phi) is 2.88. The second kappa shape index (κ2) is 4.22. The van der Waals surface area contributed by atoms with Crippen LogP contribution in [0.2, 0.25) is 0 Å². The first-order chi connectivity index (χ1) is 8.93. The summed E-state index contributed by atoms with van der Waals surface area (Å²) < 4.78 is 0. The highest BCUT2D eigenvalue weighted by Crippen LogP contribution is 2.43. The van der Waals surface area contributed by atoms with E-state index in [1.54, 1.807) is 0 Å². The molecule has 2 amide bonds. The van der Waals surface area contributed by atoms with Gasteiger partial charge in [0.05, 0.1) is 0 Å². The van der Waals surface area contributed by atoms with Crippen molar-refractivity contribution in [1.82, 2.24) is 10.2 Å². The Morgan fingerprint density at radius 1 is 1.32 bits per heavy atom. The molecular formula is C15H24N2O2. The molecule has 19 heavy (non-hydrogen) atoms. The van der Waals surface area contributed by atoms with E-state index in [2.05, 4.69) is 12.2 Å². The molecule has 0 aromatic rings. The van der Waals surface area contributed by atoms with Crippen LogP contribution < -0.4 is 5.32 Å². The van der Waals surface area contributed by atoms with Gasteiger partial charge in [-0.3, -0.25) is 9.59 Å². The van der Waals surface area contributed by atoms with Crippen LogP contribution in [0.3, 0.4) is 0 Å². The van der Waals surface area contributed by atoms with Crippen molar-refractivity contribution in [2.24, 2.45) is 17.8 Å². The minimum atomic E-state index is -0.646. The summed E-state index contributed by atoms with van der Waals surface area (Å²) in [5.41, 5.74) is -0.646. The zero-order valence-electron chi connectivity index (χ0n) is 12.1. The van der Waals surface area contributed by atoms with Crippen molar-refractivity contribution in [3.8, 4) is 0 Å².